The van der Waals surface area contributed by atoms with Crippen molar-refractivity contribution in [1.29, 1.82) is 0 Å². The predicted octanol–water partition coefficient (Wildman–Crippen LogP) is 1.67. The number of rotatable bonds is 4. The van der Waals surface area contributed by atoms with E-state index in [2.05, 4.69) is 35.1 Å². The number of carbonyl (C=O) groups excluding carboxylic acids is 1. The summed E-state index contributed by atoms with van der Waals surface area (Å²) in [5, 5.41) is 2.83. The van der Waals surface area contributed by atoms with Crippen LogP contribution in [0.1, 0.15) is 41.5 Å². The average molecular weight is 452 g/mol. The maximum Gasteiger partial charge on any atom is 0.271 e. The molecule has 2 aromatic heterocycles. The maximum atomic E-state index is 13.5. The van der Waals surface area contributed by atoms with Crippen LogP contribution in [-0.2, 0) is 0 Å². The molecule has 1 aliphatic carbocycles. The molecule has 3 aromatic rings. The van der Waals surface area contributed by atoms with Gasteiger partial charge in [0.1, 0.15) is 23.2 Å². The van der Waals surface area contributed by atoms with Crippen LogP contribution in [-0.4, -0.2) is 70.0 Å². The van der Waals surface area contributed by atoms with Gasteiger partial charge in [0.2, 0.25) is 0 Å². The minimum atomic E-state index is -0.434. The van der Waals surface area contributed by atoms with Gasteiger partial charge in [0.15, 0.2) is 0 Å². The minimum absolute atomic E-state index is 0.193. The topological polar surface area (TPSA) is 107 Å². The van der Waals surface area contributed by atoms with Crippen molar-refractivity contribution in [1.82, 2.24) is 30.2 Å². The van der Waals surface area contributed by atoms with Crippen molar-refractivity contribution in [2.24, 2.45) is 0 Å². The largest absolute Gasteiger partial charge is 0.354 e. The fourth-order valence-electron chi connectivity index (χ4n) is 4.91. The van der Waals surface area contributed by atoms with E-state index in [9.17, 15) is 14.0 Å². The number of hydrogen-bond donors (Lipinski definition) is 2. The van der Waals surface area contributed by atoms with Gasteiger partial charge in [0.05, 0.1) is 23.3 Å². The molecule has 172 valence electrons. The molecule has 2 N–H and O–H groups in total. The van der Waals surface area contributed by atoms with Gasteiger partial charge in [-0.1, -0.05) is 0 Å². The second-order valence-electron chi connectivity index (χ2n) is 8.64. The van der Waals surface area contributed by atoms with Crippen LogP contribution in [0.15, 0.2) is 35.4 Å². The highest BCUT2D eigenvalue weighted by Crippen LogP contribution is 2.36. The van der Waals surface area contributed by atoms with Crippen molar-refractivity contribution < 1.29 is 9.18 Å². The standard InChI is InChI=1S/C23H26FN7O2/c1-25-23(33)19-12-27-20(13-26-19)31-8-6-30(7-9-31)16-4-2-14(10-16)21-28-18-5-3-15(24)11-17(18)22(32)29-21/h3,5,11-14,16H,2,4,6-10H2,1H3,(H,25,33)(H,28,29,32)/t14-,16+/m1/s1. The van der Waals surface area contributed by atoms with Crippen molar-refractivity contribution in [2.45, 2.75) is 31.2 Å². The van der Waals surface area contributed by atoms with E-state index in [1.165, 1.54) is 18.3 Å². The van der Waals surface area contributed by atoms with Gasteiger partial charge in [0.25, 0.3) is 11.5 Å². The van der Waals surface area contributed by atoms with Crippen LogP contribution in [0.4, 0.5) is 10.2 Å². The number of fused-ring (bicyclic) bond motifs is 1. The van der Waals surface area contributed by atoms with E-state index in [0.717, 1.165) is 51.3 Å². The highest BCUT2D eigenvalue weighted by Gasteiger charge is 2.33. The van der Waals surface area contributed by atoms with Crippen molar-refractivity contribution in [2.75, 3.05) is 38.1 Å². The number of H-pyrrole nitrogens is 1. The molecule has 1 saturated carbocycles. The van der Waals surface area contributed by atoms with Crippen molar-refractivity contribution in [3.8, 4) is 0 Å². The van der Waals surface area contributed by atoms with Crippen LogP contribution in [0.25, 0.3) is 10.9 Å². The number of nitrogens with zero attached hydrogens (tertiary/aromatic N) is 5. The molecule has 2 fully saturated rings. The minimum Gasteiger partial charge on any atom is -0.354 e. The van der Waals surface area contributed by atoms with Crippen LogP contribution in [0.5, 0.6) is 0 Å². The number of carbonyl (C=O) groups is 1. The first-order chi connectivity index (χ1) is 16.0. The molecular weight excluding hydrogens is 425 g/mol. The number of benzene rings is 1. The number of aromatic amines is 1. The molecule has 5 rings (SSSR count). The molecule has 1 saturated heterocycles. The molecule has 0 unspecified atom stereocenters. The Kier molecular flexibility index (Phi) is 5.76. The predicted molar refractivity (Wildman–Crippen MR) is 122 cm³/mol. The summed E-state index contributed by atoms with van der Waals surface area (Å²) in [6.45, 7) is 3.51. The van der Waals surface area contributed by atoms with Gasteiger partial charge < -0.3 is 15.2 Å². The number of piperazine rings is 1. The van der Waals surface area contributed by atoms with E-state index in [4.69, 9.17) is 0 Å². The fraction of sp³-hybridized carbons (Fsp3) is 0.435. The molecule has 3 heterocycles. The second kappa shape index (κ2) is 8.86. The van der Waals surface area contributed by atoms with Gasteiger partial charge in [-0.2, -0.15) is 0 Å². The summed E-state index contributed by atoms with van der Waals surface area (Å²) < 4.78 is 13.5. The zero-order valence-corrected chi connectivity index (χ0v) is 18.4. The first kappa shape index (κ1) is 21.4. The van der Waals surface area contributed by atoms with Gasteiger partial charge in [0, 0.05) is 45.2 Å². The summed E-state index contributed by atoms with van der Waals surface area (Å²) in [6, 6.07) is 4.58. The lowest BCUT2D eigenvalue weighted by Gasteiger charge is -2.38. The average Bonchev–Trinajstić information content (AvgIpc) is 3.34. The Labute approximate surface area is 190 Å². The smallest absolute Gasteiger partial charge is 0.271 e. The summed E-state index contributed by atoms with van der Waals surface area (Å²) in [5.41, 5.74) is 0.563. The van der Waals surface area contributed by atoms with E-state index < -0.39 is 5.82 Å². The van der Waals surface area contributed by atoms with Crippen molar-refractivity contribution >= 4 is 22.6 Å². The van der Waals surface area contributed by atoms with Gasteiger partial charge in [-0.3, -0.25) is 14.5 Å². The summed E-state index contributed by atoms with van der Waals surface area (Å²) in [6.07, 6.45) is 6.12. The number of amides is 1. The molecule has 1 aliphatic heterocycles. The monoisotopic (exact) mass is 451 g/mol. The first-order valence-electron chi connectivity index (χ1n) is 11.2. The molecule has 1 aromatic carbocycles. The van der Waals surface area contributed by atoms with Crippen LogP contribution in [0.2, 0.25) is 0 Å². The molecule has 9 nitrogen and oxygen atoms in total. The third-order valence-electron chi connectivity index (χ3n) is 6.73. The van der Waals surface area contributed by atoms with E-state index in [-0.39, 0.29) is 22.8 Å². The van der Waals surface area contributed by atoms with E-state index in [1.54, 1.807) is 19.3 Å². The summed E-state index contributed by atoms with van der Waals surface area (Å²) >= 11 is 0. The van der Waals surface area contributed by atoms with Gasteiger partial charge >= 0.3 is 0 Å². The quantitative estimate of drug-likeness (QED) is 0.621. The molecule has 2 aliphatic rings. The summed E-state index contributed by atoms with van der Waals surface area (Å²) in [4.78, 5) is 44.9. The highest BCUT2D eigenvalue weighted by molar-refractivity contribution is 5.91. The number of nitrogens with one attached hydrogen (secondary N) is 2. The third-order valence-corrected chi connectivity index (χ3v) is 6.73. The maximum absolute atomic E-state index is 13.5. The van der Waals surface area contributed by atoms with E-state index in [1.807, 2.05) is 0 Å². The molecule has 0 spiro atoms. The zero-order chi connectivity index (χ0) is 22.9. The van der Waals surface area contributed by atoms with Crippen molar-refractivity contribution in [3.05, 3.63) is 58.3 Å². The summed E-state index contributed by atoms with van der Waals surface area (Å²) in [5.74, 6) is 0.992. The fourth-order valence-corrected chi connectivity index (χ4v) is 4.91. The van der Waals surface area contributed by atoms with Gasteiger partial charge in [-0.25, -0.2) is 19.3 Å². The van der Waals surface area contributed by atoms with Crippen LogP contribution < -0.4 is 15.8 Å². The van der Waals surface area contributed by atoms with Crippen LogP contribution >= 0.6 is 0 Å². The van der Waals surface area contributed by atoms with Crippen LogP contribution in [0.3, 0.4) is 0 Å². The third kappa shape index (κ3) is 4.30. The zero-order valence-electron chi connectivity index (χ0n) is 18.4. The lowest BCUT2D eigenvalue weighted by molar-refractivity contribution is 0.0957. The Morgan fingerprint density at radius 1 is 1.15 bits per heavy atom. The number of aromatic nitrogens is 4. The number of hydrogen-bond acceptors (Lipinski definition) is 7. The second-order valence-corrected chi connectivity index (χ2v) is 8.64. The molecule has 33 heavy (non-hydrogen) atoms. The van der Waals surface area contributed by atoms with E-state index >= 15 is 0 Å². The molecule has 10 heteroatoms. The normalized spacial score (nSPS) is 21.5. The lowest BCUT2D eigenvalue weighted by atomic mass is 10.1. The first-order valence-corrected chi connectivity index (χ1v) is 11.2. The number of halogens is 1. The van der Waals surface area contributed by atoms with Crippen molar-refractivity contribution in [3.63, 3.8) is 0 Å². The summed E-state index contributed by atoms with van der Waals surface area (Å²) in [7, 11) is 1.57. The van der Waals surface area contributed by atoms with E-state index in [0.29, 0.717) is 23.1 Å². The van der Waals surface area contributed by atoms with Crippen LogP contribution in [0, 0.1) is 5.82 Å². The Morgan fingerprint density at radius 2 is 1.97 bits per heavy atom. The Morgan fingerprint density at radius 3 is 2.70 bits per heavy atom. The Hall–Kier alpha value is -3.40. The van der Waals surface area contributed by atoms with Gasteiger partial charge in [-0.05, 0) is 37.5 Å². The SMILES string of the molecule is CNC(=O)c1cnc(N2CCN([C@H]3CC[C@@H](c4nc5ccc(F)cc5c(=O)[nH]4)C3)CC2)cn1. The lowest BCUT2D eigenvalue weighted by Crippen LogP contribution is -2.50. The molecular formula is C23H26FN7O2. The molecule has 0 radical (unpaired) electrons. The Bertz CT molecular complexity index is 1220. The molecule has 1 amide bonds. The highest BCUT2D eigenvalue weighted by atomic mass is 19.1. The molecule has 0 bridgehead atoms. The number of anilines is 1. The van der Waals surface area contributed by atoms with Gasteiger partial charge in [-0.15, -0.1) is 0 Å². The Balaban J connectivity index is 1.21. The molecule has 2 atom stereocenters.